The maximum atomic E-state index is 12.6. The Kier molecular flexibility index (Phi) is 6.51. The quantitative estimate of drug-likeness (QED) is 0.610. The van der Waals surface area contributed by atoms with Crippen LogP contribution in [-0.2, 0) is 7.05 Å². The number of halogens is 1. The zero-order chi connectivity index (χ0) is 20.8. The summed E-state index contributed by atoms with van der Waals surface area (Å²) in [6.07, 6.45) is 2.33. The van der Waals surface area contributed by atoms with E-state index in [0.717, 1.165) is 6.42 Å². The number of anilines is 2. The van der Waals surface area contributed by atoms with Crippen LogP contribution in [0.1, 0.15) is 23.7 Å². The molecule has 0 bridgehead atoms. The molecular weight excluding hydrogens is 392 g/mol. The zero-order valence-corrected chi connectivity index (χ0v) is 16.9. The number of carbonyl (C=O) groups excluding carboxylic acids is 1. The average Bonchev–Trinajstić information content (AvgIpc) is 2.73. The minimum Gasteiger partial charge on any atom is -0.453 e. The van der Waals surface area contributed by atoms with Crippen LogP contribution in [0.2, 0.25) is 5.02 Å². The fourth-order valence-electron chi connectivity index (χ4n) is 2.54. The van der Waals surface area contributed by atoms with E-state index in [1.165, 1.54) is 10.9 Å². The van der Waals surface area contributed by atoms with Crippen LogP contribution in [0.4, 0.5) is 11.4 Å². The number of aryl methyl sites for hydroxylation is 1. The van der Waals surface area contributed by atoms with Gasteiger partial charge in [0.2, 0.25) is 0 Å². The van der Waals surface area contributed by atoms with Crippen LogP contribution in [0.3, 0.4) is 0 Å². The van der Waals surface area contributed by atoms with Crippen LogP contribution in [0.15, 0.2) is 59.5 Å². The van der Waals surface area contributed by atoms with Crippen molar-refractivity contribution in [2.24, 2.45) is 7.05 Å². The van der Waals surface area contributed by atoms with Gasteiger partial charge >= 0.3 is 0 Å². The topological polar surface area (TPSA) is 85.2 Å². The van der Waals surface area contributed by atoms with Crippen LogP contribution in [0.5, 0.6) is 11.5 Å². The second-order valence-corrected chi connectivity index (χ2v) is 6.76. The Morgan fingerprint density at radius 2 is 1.83 bits per heavy atom. The third kappa shape index (κ3) is 5.14. The molecule has 1 amide bonds. The average molecular weight is 413 g/mol. The smallest absolute Gasteiger partial charge is 0.294 e. The van der Waals surface area contributed by atoms with E-state index in [4.69, 9.17) is 16.3 Å². The molecule has 8 heteroatoms. The van der Waals surface area contributed by atoms with Crippen LogP contribution >= 0.6 is 11.6 Å². The second kappa shape index (κ2) is 9.25. The molecule has 1 aromatic heterocycles. The molecule has 2 N–H and O–H groups in total. The molecule has 0 fully saturated rings. The highest BCUT2D eigenvalue weighted by molar-refractivity contribution is 6.30. The number of amides is 1. The fourth-order valence-corrected chi connectivity index (χ4v) is 2.66. The van der Waals surface area contributed by atoms with Crippen molar-refractivity contribution in [3.8, 4) is 11.5 Å². The van der Waals surface area contributed by atoms with Crippen molar-refractivity contribution in [3.63, 3.8) is 0 Å². The fraction of sp³-hybridized carbons (Fsp3) is 0.190. The Hall–Kier alpha value is -3.32. The molecule has 0 atom stereocenters. The van der Waals surface area contributed by atoms with Gasteiger partial charge in [-0.05, 0) is 55.0 Å². The monoisotopic (exact) mass is 412 g/mol. The summed E-state index contributed by atoms with van der Waals surface area (Å²) in [5.74, 6) is 0.667. The Morgan fingerprint density at radius 3 is 2.48 bits per heavy atom. The molecule has 0 spiro atoms. The Balaban J connectivity index is 1.84. The van der Waals surface area contributed by atoms with Crippen molar-refractivity contribution in [2.75, 3.05) is 11.9 Å². The predicted octanol–water partition coefficient (Wildman–Crippen LogP) is 4.11. The molecule has 3 aromatic rings. The van der Waals surface area contributed by atoms with E-state index < -0.39 is 0 Å². The van der Waals surface area contributed by atoms with Crippen LogP contribution in [0, 0.1) is 0 Å². The van der Waals surface area contributed by atoms with Crippen molar-refractivity contribution in [3.05, 3.63) is 75.7 Å². The van der Waals surface area contributed by atoms with Gasteiger partial charge < -0.3 is 15.4 Å². The molecule has 2 aromatic carbocycles. The van der Waals surface area contributed by atoms with Gasteiger partial charge in [-0.25, -0.2) is 4.68 Å². The van der Waals surface area contributed by atoms with E-state index in [9.17, 15) is 9.59 Å². The van der Waals surface area contributed by atoms with Gasteiger partial charge in [-0.15, -0.1) is 0 Å². The van der Waals surface area contributed by atoms with E-state index in [1.807, 2.05) is 6.92 Å². The molecule has 150 valence electrons. The number of carbonyl (C=O) groups is 1. The molecule has 0 unspecified atom stereocenters. The molecule has 0 aliphatic heterocycles. The third-order valence-electron chi connectivity index (χ3n) is 4.10. The first-order valence-corrected chi connectivity index (χ1v) is 9.50. The number of ether oxygens (including phenoxy) is 1. The van der Waals surface area contributed by atoms with Crippen molar-refractivity contribution in [2.45, 2.75) is 13.3 Å². The van der Waals surface area contributed by atoms with E-state index in [-0.39, 0.29) is 22.9 Å². The summed E-state index contributed by atoms with van der Waals surface area (Å²) in [4.78, 5) is 24.6. The molecule has 29 heavy (non-hydrogen) atoms. The van der Waals surface area contributed by atoms with Crippen LogP contribution in [0.25, 0.3) is 0 Å². The second-order valence-electron chi connectivity index (χ2n) is 6.33. The van der Waals surface area contributed by atoms with Gasteiger partial charge in [0.1, 0.15) is 5.75 Å². The van der Waals surface area contributed by atoms with Crippen molar-refractivity contribution in [1.29, 1.82) is 0 Å². The summed E-state index contributed by atoms with van der Waals surface area (Å²) < 4.78 is 7.03. The minimum absolute atomic E-state index is 0.134. The first kappa shape index (κ1) is 20.4. The summed E-state index contributed by atoms with van der Waals surface area (Å²) in [6.45, 7) is 2.61. The lowest BCUT2D eigenvalue weighted by Crippen LogP contribution is -2.24. The number of rotatable bonds is 7. The molecule has 1 heterocycles. The van der Waals surface area contributed by atoms with Gasteiger partial charge in [0, 0.05) is 29.9 Å². The number of nitrogens with zero attached hydrogens (tertiary/aromatic N) is 2. The summed E-state index contributed by atoms with van der Waals surface area (Å²) in [7, 11) is 1.56. The number of aromatic nitrogens is 2. The highest BCUT2D eigenvalue weighted by Crippen LogP contribution is 2.29. The van der Waals surface area contributed by atoms with Crippen LogP contribution in [-0.4, -0.2) is 22.2 Å². The van der Waals surface area contributed by atoms with Crippen molar-refractivity contribution in [1.82, 2.24) is 15.1 Å². The molecule has 0 saturated carbocycles. The normalized spacial score (nSPS) is 10.4. The highest BCUT2D eigenvalue weighted by Gasteiger charge is 2.13. The number of hydrogen-bond donors (Lipinski definition) is 2. The molecule has 0 aliphatic rings. The SMILES string of the molecule is CCCNC(=O)c1ccc(Nc2c(Oc3ccc(Cl)cc3)cnn(C)c2=O)cc1. The number of nitrogens with one attached hydrogen (secondary N) is 2. The largest absolute Gasteiger partial charge is 0.453 e. The first-order chi connectivity index (χ1) is 14.0. The molecule has 7 nitrogen and oxygen atoms in total. The Morgan fingerprint density at radius 1 is 1.14 bits per heavy atom. The van der Waals surface area contributed by atoms with Gasteiger partial charge in [-0.1, -0.05) is 18.5 Å². The first-order valence-electron chi connectivity index (χ1n) is 9.13. The molecule has 3 rings (SSSR count). The lowest BCUT2D eigenvalue weighted by Gasteiger charge is -2.13. The third-order valence-corrected chi connectivity index (χ3v) is 4.35. The summed E-state index contributed by atoms with van der Waals surface area (Å²) in [5, 5.41) is 10.5. The van der Waals surface area contributed by atoms with Crippen LogP contribution < -0.4 is 20.9 Å². The Labute approximate surface area is 173 Å². The van der Waals surface area contributed by atoms with Gasteiger partial charge in [-0.3, -0.25) is 9.59 Å². The van der Waals surface area contributed by atoms with Gasteiger partial charge in [0.25, 0.3) is 11.5 Å². The highest BCUT2D eigenvalue weighted by atomic mass is 35.5. The molecule has 0 saturated heterocycles. The van der Waals surface area contributed by atoms with Gasteiger partial charge in [-0.2, -0.15) is 5.10 Å². The summed E-state index contributed by atoms with van der Waals surface area (Å²) in [6, 6.07) is 13.6. The number of benzene rings is 2. The van der Waals surface area contributed by atoms with E-state index in [0.29, 0.717) is 28.6 Å². The van der Waals surface area contributed by atoms with Crippen molar-refractivity contribution >= 4 is 28.9 Å². The van der Waals surface area contributed by atoms with E-state index >= 15 is 0 Å². The summed E-state index contributed by atoms with van der Waals surface area (Å²) in [5.41, 5.74) is 1.08. The zero-order valence-electron chi connectivity index (χ0n) is 16.1. The lowest BCUT2D eigenvalue weighted by atomic mass is 10.2. The maximum Gasteiger partial charge on any atom is 0.294 e. The van der Waals surface area contributed by atoms with Gasteiger partial charge in [0.15, 0.2) is 11.4 Å². The minimum atomic E-state index is -0.346. The maximum absolute atomic E-state index is 12.6. The van der Waals surface area contributed by atoms with E-state index in [1.54, 1.807) is 55.6 Å². The lowest BCUT2D eigenvalue weighted by molar-refractivity contribution is 0.0953. The van der Waals surface area contributed by atoms with Gasteiger partial charge in [0.05, 0.1) is 6.20 Å². The number of hydrogen-bond acceptors (Lipinski definition) is 5. The van der Waals surface area contributed by atoms with Crippen molar-refractivity contribution < 1.29 is 9.53 Å². The molecular formula is C21H21ClN4O3. The molecule has 0 aliphatic carbocycles. The van der Waals surface area contributed by atoms with E-state index in [2.05, 4.69) is 15.7 Å². The Bertz CT molecular complexity index is 1050. The predicted molar refractivity (Wildman–Crippen MR) is 113 cm³/mol. The molecule has 0 radical (unpaired) electrons. The summed E-state index contributed by atoms with van der Waals surface area (Å²) >= 11 is 5.90. The standard InChI is InChI=1S/C21H21ClN4O3/c1-3-12-23-20(27)14-4-8-16(9-5-14)25-19-18(13-24-26(2)21(19)28)29-17-10-6-15(22)7-11-17/h4-11,13,25H,3,12H2,1-2H3,(H,23,27).